The van der Waals surface area contributed by atoms with E-state index in [0.717, 1.165) is 11.3 Å². The number of thiazole rings is 1. The van der Waals surface area contributed by atoms with Gasteiger partial charge in [0.05, 0.1) is 5.51 Å². The second kappa shape index (κ2) is 4.05. The van der Waals surface area contributed by atoms with E-state index in [1.807, 2.05) is 0 Å². The molecule has 7 heteroatoms. The van der Waals surface area contributed by atoms with Crippen molar-refractivity contribution in [2.24, 2.45) is 5.73 Å². The normalized spacial score (nSPS) is 12.1. The van der Waals surface area contributed by atoms with Crippen LogP contribution in [0.3, 0.4) is 0 Å². The SMILES string of the molecule is CC(Nc1scnc1C(=O)O)C(N)=O. The van der Waals surface area contributed by atoms with E-state index in [-0.39, 0.29) is 5.69 Å². The number of nitrogens with one attached hydrogen (secondary N) is 1. The Morgan fingerprint density at radius 1 is 1.71 bits per heavy atom. The third kappa shape index (κ3) is 2.19. The van der Waals surface area contributed by atoms with E-state index in [1.54, 1.807) is 6.92 Å². The summed E-state index contributed by atoms with van der Waals surface area (Å²) in [5.41, 5.74) is 6.31. The number of aromatic carboxylic acids is 1. The number of carboxylic acid groups (broad SMARTS) is 1. The highest BCUT2D eigenvalue weighted by atomic mass is 32.1. The molecule has 1 aromatic heterocycles. The van der Waals surface area contributed by atoms with Crippen molar-refractivity contribution >= 4 is 28.2 Å². The van der Waals surface area contributed by atoms with Crippen molar-refractivity contribution in [3.05, 3.63) is 11.2 Å². The first-order chi connectivity index (χ1) is 6.52. The molecule has 0 saturated heterocycles. The first kappa shape index (κ1) is 10.5. The lowest BCUT2D eigenvalue weighted by Gasteiger charge is -2.09. The third-order valence-electron chi connectivity index (χ3n) is 1.54. The summed E-state index contributed by atoms with van der Waals surface area (Å²) < 4.78 is 0. The Morgan fingerprint density at radius 3 is 2.86 bits per heavy atom. The Morgan fingerprint density at radius 2 is 2.36 bits per heavy atom. The Hall–Kier alpha value is -1.63. The number of nitrogens with zero attached hydrogens (tertiary/aromatic N) is 1. The molecule has 1 amide bonds. The Labute approximate surface area is 83.8 Å². The lowest BCUT2D eigenvalue weighted by atomic mass is 10.3. The quantitative estimate of drug-likeness (QED) is 0.661. The van der Waals surface area contributed by atoms with Gasteiger partial charge in [0.2, 0.25) is 5.91 Å². The molecule has 1 atom stereocenters. The van der Waals surface area contributed by atoms with E-state index in [9.17, 15) is 9.59 Å². The molecule has 1 heterocycles. The predicted molar refractivity (Wildman–Crippen MR) is 51.4 cm³/mol. The molecular weight excluding hydrogens is 206 g/mol. The first-order valence-corrected chi connectivity index (χ1v) is 4.63. The standard InChI is InChI=1S/C7H9N3O3S/c1-3(5(8)11)10-6-4(7(12)13)9-2-14-6/h2-3,10H,1H3,(H2,8,11)(H,12,13). The van der Waals surface area contributed by atoms with Crippen LogP contribution in [0.15, 0.2) is 5.51 Å². The molecule has 0 aliphatic heterocycles. The molecule has 0 fully saturated rings. The van der Waals surface area contributed by atoms with E-state index in [1.165, 1.54) is 5.51 Å². The van der Waals surface area contributed by atoms with Crippen LogP contribution in [0.4, 0.5) is 5.00 Å². The third-order valence-corrected chi connectivity index (χ3v) is 2.30. The molecule has 1 unspecified atom stereocenters. The molecule has 1 aromatic rings. The second-order valence-corrected chi connectivity index (χ2v) is 3.46. The van der Waals surface area contributed by atoms with E-state index in [2.05, 4.69) is 10.3 Å². The lowest BCUT2D eigenvalue weighted by Crippen LogP contribution is -2.32. The number of carbonyl (C=O) groups excluding carboxylic acids is 1. The van der Waals surface area contributed by atoms with Gasteiger partial charge in [0.1, 0.15) is 11.0 Å². The van der Waals surface area contributed by atoms with Crippen LogP contribution < -0.4 is 11.1 Å². The monoisotopic (exact) mass is 215 g/mol. The zero-order chi connectivity index (χ0) is 10.7. The fourth-order valence-electron chi connectivity index (χ4n) is 0.769. The smallest absolute Gasteiger partial charge is 0.357 e. The molecule has 6 nitrogen and oxygen atoms in total. The van der Waals surface area contributed by atoms with E-state index in [4.69, 9.17) is 10.8 Å². The Bertz CT molecular complexity index is 363. The maximum Gasteiger partial charge on any atom is 0.357 e. The fraction of sp³-hybridized carbons (Fsp3) is 0.286. The van der Waals surface area contributed by atoms with Crippen LogP contribution in [0.1, 0.15) is 17.4 Å². The average Bonchev–Trinajstić information content (AvgIpc) is 2.52. The Balaban J connectivity index is 2.81. The number of rotatable bonds is 4. The van der Waals surface area contributed by atoms with Crippen LogP contribution in [0.2, 0.25) is 0 Å². The highest BCUT2D eigenvalue weighted by molar-refractivity contribution is 7.14. The van der Waals surface area contributed by atoms with Gasteiger partial charge in [0, 0.05) is 0 Å². The molecular formula is C7H9N3O3S. The number of amides is 1. The maximum absolute atomic E-state index is 10.7. The number of nitrogens with two attached hydrogens (primary N) is 1. The average molecular weight is 215 g/mol. The van der Waals surface area contributed by atoms with Gasteiger partial charge in [0.15, 0.2) is 5.69 Å². The van der Waals surface area contributed by atoms with Gasteiger partial charge in [-0.1, -0.05) is 0 Å². The van der Waals surface area contributed by atoms with Gasteiger partial charge in [-0.05, 0) is 6.92 Å². The fourth-order valence-corrected chi connectivity index (χ4v) is 1.53. The molecule has 4 N–H and O–H groups in total. The topological polar surface area (TPSA) is 105 Å². The summed E-state index contributed by atoms with van der Waals surface area (Å²) in [6.07, 6.45) is 0. The maximum atomic E-state index is 10.7. The number of hydrogen-bond acceptors (Lipinski definition) is 5. The van der Waals surface area contributed by atoms with Crippen LogP contribution in [0.5, 0.6) is 0 Å². The van der Waals surface area contributed by atoms with Gasteiger partial charge < -0.3 is 16.2 Å². The number of carbonyl (C=O) groups is 2. The van der Waals surface area contributed by atoms with Crippen molar-refractivity contribution in [2.45, 2.75) is 13.0 Å². The van der Waals surface area contributed by atoms with Gasteiger partial charge >= 0.3 is 5.97 Å². The van der Waals surface area contributed by atoms with Crippen LogP contribution in [0, 0.1) is 0 Å². The van der Waals surface area contributed by atoms with E-state index >= 15 is 0 Å². The molecule has 0 saturated carbocycles. The van der Waals surface area contributed by atoms with E-state index < -0.39 is 17.9 Å². The molecule has 14 heavy (non-hydrogen) atoms. The summed E-state index contributed by atoms with van der Waals surface area (Å²) in [5, 5.41) is 11.7. The lowest BCUT2D eigenvalue weighted by molar-refractivity contribution is -0.118. The predicted octanol–water partition coefficient (Wildman–Crippen LogP) is 0.127. The first-order valence-electron chi connectivity index (χ1n) is 3.75. The van der Waals surface area contributed by atoms with Crippen molar-refractivity contribution in [1.29, 1.82) is 0 Å². The molecule has 1 rings (SSSR count). The second-order valence-electron chi connectivity index (χ2n) is 2.60. The van der Waals surface area contributed by atoms with Crippen LogP contribution >= 0.6 is 11.3 Å². The number of primary amides is 1. The molecule has 0 spiro atoms. The molecule has 0 aliphatic carbocycles. The zero-order valence-corrected chi connectivity index (χ0v) is 8.17. The summed E-state index contributed by atoms with van der Waals surface area (Å²) in [5.74, 6) is -1.68. The van der Waals surface area contributed by atoms with E-state index in [0.29, 0.717) is 5.00 Å². The van der Waals surface area contributed by atoms with Gasteiger partial charge in [-0.15, -0.1) is 11.3 Å². The number of aromatic nitrogens is 1. The van der Waals surface area contributed by atoms with Crippen LogP contribution in [-0.2, 0) is 4.79 Å². The molecule has 0 radical (unpaired) electrons. The minimum absolute atomic E-state index is 0.0944. The highest BCUT2D eigenvalue weighted by Crippen LogP contribution is 2.20. The van der Waals surface area contributed by atoms with Crippen molar-refractivity contribution in [3.63, 3.8) is 0 Å². The summed E-state index contributed by atoms with van der Waals surface area (Å²) in [6.45, 7) is 1.55. The van der Waals surface area contributed by atoms with Crippen molar-refractivity contribution in [3.8, 4) is 0 Å². The number of hydrogen-bond donors (Lipinski definition) is 3. The molecule has 76 valence electrons. The number of carboxylic acids is 1. The van der Waals surface area contributed by atoms with Gasteiger partial charge in [-0.3, -0.25) is 4.79 Å². The highest BCUT2D eigenvalue weighted by Gasteiger charge is 2.16. The summed E-state index contributed by atoms with van der Waals surface area (Å²) in [7, 11) is 0. The molecule has 0 bridgehead atoms. The minimum atomic E-state index is -1.13. The van der Waals surface area contributed by atoms with Crippen molar-refractivity contribution < 1.29 is 14.7 Å². The van der Waals surface area contributed by atoms with Crippen molar-refractivity contribution in [2.75, 3.05) is 5.32 Å². The van der Waals surface area contributed by atoms with Crippen LogP contribution in [-0.4, -0.2) is 28.0 Å². The minimum Gasteiger partial charge on any atom is -0.476 e. The van der Waals surface area contributed by atoms with Gasteiger partial charge in [0.25, 0.3) is 0 Å². The van der Waals surface area contributed by atoms with Crippen molar-refractivity contribution in [1.82, 2.24) is 4.98 Å². The zero-order valence-electron chi connectivity index (χ0n) is 7.35. The summed E-state index contributed by atoms with van der Waals surface area (Å²) in [6, 6.07) is -0.617. The largest absolute Gasteiger partial charge is 0.476 e. The number of anilines is 1. The molecule has 0 aromatic carbocycles. The summed E-state index contributed by atoms with van der Waals surface area (Å²) >= 11 is 1.11. The summed E-state index contributed by atoms with van der Waals surface area (Å²) in [4.78, 5) is 25.0. The van der Waals surface area contributed by atoms with Crippen LogP contribution in [0.25, 0.3) is 0 Å². The van der Waals surface area contributed by atoms with Gasteiger partial charge in [-0.25, -0.2) is 9.78 Å². The molecule has 0 aliphatic rings. The van der Waals surface area contributed by atoms with Gasteiger partial charge in [-0.2, -0.15) is 0 Å². The Kier molecular flexibility index (Phi) is 3.03.